The predicted molar refractivity (Wildman–Crippen MR) is 95.3 cm³/mol. The number of hydrogen-bond donors (Lipinski definition) is 2. The van der Waals surface area contributed by atoms with Crippen LogP contribution in [0.1, 0.15) is 26.4 Å². The summed E-state index contributed by atoms with van der Waals surface area (Å²) in [5, 5.41) is 3.68. The van der Waals surface area contributed by atoms with Crippen molar-refractivity contribution in [3.05, 3.63) is 59.3 Å². The van der Waals surface area contributed by atoms with Crippen LogP contribution in [0.25, 0.3) is 10.9 Å². The number of ether oxygens (including phenoxy) is 2. The van der Waals surface area contributed by atoms with Gasteiger partial charge in [-0.25, -0.2) is 4.79 Å². The van der Waals surface area contributed by atoms with Gasteiger partial charge >= 0.3 is 5.97 Å². The number of methoxy groups -OCH3 is 2. The van der Waals surface area contributed by atoms with E-state index in [9.17, 15) is 9.59 Å². The molecule has 0 aliphatic rings. The first kappa shape index (κ1) is 16.6. The molecule has 1 aromatic heterocycles. The molecule has 0 fully saturated rings. The zero-order valence-corrected chi connectivity index (χ0v) is 14.2. The summed E-state index contributed by atoms with van der Waals surface area (Å²) >= 11 is 0. The second-order valence-electron chi connectivity index (χ2n) is 5.53. The van der Waals surface area contributed by atoms with E-state index >= 15 is 0 Å². The van der Waals surface area contributed by atoms with Gasteiger partial charge < -0.3 is 19.8 Å². The number of fused-ring (bicyclic) bond motifs is 1. The van der Waals surface area contributed by atoms with Gasteiger partial charge in [-0.1, -0.05) is 12.1 Å². The molecule has 25 heavy (non-hydrogen) atoms. The molecule has 0 aliphatic heterocycles. The number of carbonyl (C=O) groups is 2. The Morgan fingerprint density at radius 1 is 1.08 bits per heavy atom. The average molecular weight is 338 g/mol. The fourth-order valence-corrected chi connectivity index (χ4v) is 2.72. The Hall–Kier alpha value is -3.28. The minimum Gasteiger partial charge on any atom is -0.497 e. The molecule has 0 unspecified atom stereocenters. The zero-order chi connectivity index (χ0) is 18.0. The summed E-state index contributed by atoms with van der Waals surface area (Å²) in [6.07, 6.45) is 0. The summed E-state index contributed by atoms with van der Waals surface area (Å²) in [5.74, 6) is -0.115. The van der Waals surface area contributed by atoms with Crippen molar-refractivity contribution in [2.45, 2.75) is 6.92 Å². The molecule has 0 aliphatic carbocycles. The molecule has 1 amide bonds. The number of hydrogen-bond acceptors (Lipinski definition) is 4. The van der Waals surface area contributed by atoms with Crippen molar-refractivity contribution < 1.29 is 19.1 Å². The first-order valence-corrected chi connectivity index (χ1v) is 7.70. The number of benzene rings is 2. The maximum Gasteiger partial charge on any atom is 0.339 e. The molecule has 6 nitrogen and oxygen atoms in total. The van der Waals surface area contributed by atoms with Gasteiger partial charge in [0, 0.05) is 10.9 Å². The summed E-state index contributed by atoms with van der Waals surface area (Å²) in [4.78, 5) is 27.6. The summed E-state index contributed by atoms with van der Waals surface area (Å²) in [6, 6.07) is 12.3. The Kier molecular flexibility index (Phi) is 4.43. The van der Waals surface area contributed by atoms with Gasteiger partial charge in [0.15, 0.2) is 0 Å². The standard InChI is InChI=1S/C19H18N2O4/c1-11-14-10-12(24-2)8-9-16(14)20-17(11)18(22)21-15-7-5-4-6-13(15)19(23)25-3/h4-10,20H,1-3H3,(H,21,22). The summed E-state index contributed by atoms with van der Waals surface area (Å²) in [7, 11) is 2.90. The highest BCUT2D eigenvalue weighted by Crippen LogP contribution is 2.27. The van der Waals surface area contributed by atoms with Gasteiger partial charge in [-0.2, -0.15) is 0 Å². The number of aryl methyl sites for hydroxylation is 1. The lowest BCUT2D eigenvalue weighted by atomic mass is 10.1. The molecule has 2 N–H and O–H groups in total. The van der Waals surface area contributed by atoms with Crippen molar-refractivity contribution in [2.24, 2.45) is 0 Å². The first-order chi connectivity index (χ1) is 12.0. The maximum absolute atomic E-state index is 12.7. The highest BCUT2D eigenvalue weighted by molar-refractivity contribution is 6.10. The van der Waals surface area contributed by atoms with Gasteiger partial charge in [0.05, 0.1) is 25.5 Å². The predicted octanol–water partition coefficient (Wildman–Crippen LogP) is 3.52. The second-order valence-corrected chi connectivity index (χ2v) is 5.53. The van der Waals surface area contributed by atoms with E-state index in [1.807, 2.05) is 25.1 Å². The van der Waals surface area contributed by atoms with E-state index < -0.39 is 5.97 Å². The number of nitrogens with one attached hydrogen (secondary N) is 2. The number of H-pyrrole nitrogens is 1. The van der Waals surface area contributed by atoms with Crippen molar-refractivity contribution in [1.29, 1.82) is 0 Å². The van der Waals surface area contributed by atoms with Crippen molar-refractivity contribution in [1.82, 2.24) is 4.98 Å². The van der Waals surface area contributed by atoms with Gasteiger partial charge in [0.25, 0.3) is 5.91 Å². The smallest absolute Gasteiger partial charge is 0.339 e. The van der Waals surface area contributed by atoms with Gasteiger partial charge in [-0.05, 0) is 42.8 Å². The Balaban J connectivity index is 1.96. The molecule has 128 valence electrons. The molecular formula is C19H18N2O4. The number of rotatable bonds is 4. The Labute approximate surface area is 144 Å². The topological polar surface area (TPSA) is 80.4 Å². The molecule has 0 saturated heterocycles. The van der Waals surface area contributed by atoms with Crippen LogP contribution >= 0.6 is 0 Å². The number of carbonyl (C=O) groups excluding carboxylic acids is 2. The van der Waals surface area contributed by atoms with E-state index in [0.717, 1.165) is 22.2 Å². The Morgan fingerprint density at radius 2 is 1.84 bits per heavy atom. The SMILES string of the molecule is COC(=O)c1ccccc1NC(=O)c1[nH]c2ccc(OC)cc2c1C. The van der Waals surface area contributed by atoms with Crippen LogP contribution in [0.15, 0.2) is 42.5 Å². The van der Waals surface area contributed by atoms with Crippen LogP contribution in [0.3, 0.4) is 0 Å². The monoisotopic (exact) mass is 338 g/mol. The summed E-state index contributed by atoms with van der Waals surface area (Å²) < 4.78 is 9.98. The van der Waals surface area contributed by atoms with Crippen molar-refractivity contribution in [3.63, 3.8) is 0 Å². The Bertz CT molecular complexity index is 959. The number of anilines is 1. The van der Waals surface area contributed by atoms with Crippen LogP contribution in [0.5, 0.6) is 5.75 Å². The number of aromatic amines is 1. The zero-order valence-electron chi connectivity index (χ0n) is 14.2. The molecule has 0 atom stereocenters. The molecule has 0 spiro atoms. The minimum absolute atomic E-state index is 0.300. The first-order valence-electron chi connectivity index (χ1n) is 7.70. The molecule has 2 aromatic carbocycles. The number of esters is 1. The van der Waals surface area contributed by atoms with Crippen LogP contribution in [0, 0.1) is 6.92 Å². The van der Waals surface area contributed by atoms with E-state index in [-0.39, 0.29) is 5.91 Å². The van der Waals surface area contributed by atoms with E-state index in [1.54, 1.807) is 31.4 Å². The highest BCUT2D eigenvalue weighted by atomic mass is 16.5. The molecule has 0 bridgehead atoms. The van der Waals surface area contributed by atoms with Gasteiger partial charge in [0.2, 0.25) is 0 Å². The second kappa shape index (κ2) is 6.68. The number of aromatic nitrogens is 1. The van der Waals surface area contributed by atoms with Gasteiger partial charge in [-0.3, -0.25) is 4.79 Å². The number of amides is 1. The third kappa shape index (κ3) is 3.06. The minimum atomic E-state index is -0.506. The average Bonchev–Trinajstić information content (AvgIpc) is 2.97. The molecule has 0 saturated carbocycles. The lowest BCUT2D eigenvalue weighted by Crippen LogP contribution is -2.16. The summed E-state index contributed by atoms with van der Waals surface area (Å²) in [5.41, 5.74) is 2.78. The lowest BCUT2D eigenvalue weighted by Gasteiger charge is -2.09. The van der Waals surface area contributed by atoms with Crippen LogP contribution in [0.2, 0.25) is 0 Å². The normalized spacial score (nSPS) is 10.5. The van der Waals surface area contributed by atoms with Gasteiger partial charge in [0.1, 0.15) is 11.4 Å². The van der Waals surface area contributed by atoms with Crippen LogP contribution < -0.4 is 10.1 Å². The fraction of sp³-hybridized carbons (Fsp3) is 0.158. The highest BCUT2D eigenvalue weighted by Gasteiger charge is 2.18. The molecule has 3 aromatic rings. The maximum atomic E-state index is 12.7. The van der Waals surface area contributed by atoms with Crippen LogP contribution in [-0.4, -0.2) is 31.1 Å². The number of para-hydroxylation sites is 1. The fourth-order valence-electron chi connectivity index (χ4n) is 2.72. The quantitative estimate of drug-likeness (QED) is 0.713. The van der Waals surface area contributed by atoms with E-state index in [4.69, 9.17) is 9.47 Å². The van der Waals surface area contributed by atoms with E-state index in [0.29, 0.717) is 16.9 Å². The molecule has 3 rings (SSSR count). The van der Waals surface area contributed by atoms with E-state index in [2.05, 4.69) is 10.3 Å². The third-order valence-electron chi connectivity index (χ3n) is 4.07. The van der Waals surface area contributed by atoms with Crippen LogP contribution in [-0.2, 0) is 4.74 Å². The lowest BCUT2D eigenvalue weighted by molar-refractivity contribution is 0.0602. The molecule has 1 heterocycles. The third-order valence-corrected chi connectivity index (χ3v) is 4.07. The Morgan fingerprint density at radius 3 is 2.56 bits per heavy atom. The largest absolute Gasteiger partial charge is 0.497 e. The summed E-state index contributed by atoms with van der Waals surface area (Å²) in [6.45, 7) is 1.86. The molecule has 0 radical (unpaired) electrons. The van der Waals surface area contributed by atoms with Crippen molar-refractivity contribution >= 4 is 28.5 Å². The van der Waals surface area contributed by atoms with Crippen molar-refractivity contribution in [2.75, 3.05) is 19.5 Å². The van der Waals surface area contributed by atoms with E-state index in [1.165, 1.54) is 7.11 Å². The van der Waals surface area contributed by atoms with Crippen LogP contribution in [0.4, 0.5) is 5.69 Å². The van der Waals surface area contributed by atoms with Gasteiger partial charge in [-0.15, -0.1) is 0 Å². The molecule has 6 heteroatoms. The molecular weight excluding hydrogens is 320 g/mol. The van der Waals surface area contributed by atoms with Crippen molar-refractivity contribution in [3.8, 4) is 5.75 Å².